The van der Waals surface area contributed by atoms with Crippen molar-refractivity contribution in [1.82, 2.24) is 9.73 Å². The van der Waals surface area contributed by atoms with Gasteiger partial charge in [0.25, 0.3) is 10.0 Å². The van der Waals surface area contributed by atoms with Gasteiger partial charge < -0.3 is 5.73 Å². The molecular weight excluding hydrogens is 545 g/mol. The molecule has 0 saturated heterocycles. The monoisotopic (exact) mass is 571 g/mol. The predicted molar refractivity (Wildman–Crippen MR) is 151 cm³/mol. The van der Waals surface area contributed by atoms with E-state index in [-0.39, 0.29) is 35.7 Å². The van der Waals surface area contributed by atoms with Crippen molar-refractivity contribution in [3.8, 4) is 0 Å². The molecule has 3 N–H and O–H groups in total. The van der Waals surface area contributed by atoms with E-state index in [0.29, 0.717) is 16.6 Å². The fourth-order valence-corrected chi connectivity index (χ4v) is 5.35. The molecule has 4 rings (SSSR count). The fourth-order valence-electron chi connectivity index (χ4n) is 4.07. The van der Waals surface area contributed by atoms with Gasteiger partial charge in [-0.2, -0.15) is 5.10 Å². The summed E-state index contributed by atoms with van der Waals surface area (Å²) in [6, 6.07) is 23.0. The number of hydrazone groups is 1. The van der Waals surface area contributed by atoms with E-state index in [9.17, 15) is 13.2 Å². The van der Waals surface area contributed by atoms with Crippen LogP contribution in [-0.4, -0.2) is 44.1 Å². The van der Waals surface area contributed by atoms with Crippen molar-refractivity contribution in [2.75, 3.05) is 13.1 Å². The van der Waals surface area contributed by atoms with Gasteiger partial charge in [0.1, 0.15) is 0 Å². The largest absolute Gasteiger partial charge is 0.370 e. The molecule has 0 aromatic heterocycles. The van der Waals surface area contributed by atoms with Crippen LogP contribution in [0.2, 0.25) is 10.0 Å². The molecule has 1 aliphatic rings. The zero-order chi connectivity index (χ0) is 27.3. The average Bonchev–Trinajstić information content (AvgIpc) is 3.33. The minimum Gasteiger partial charge on any atom is -0.370 e. The average molecular weight is 573 g/mol. The van der Waals surface area contributed by atoms with Crippen LogP contribution in [0.5, 0.6) is 0 Å². The number of carbonyl (C=O) groups excluding carboxylic acids is 1. The van der Waals surface area contributed by atoms with Gasteiger partial charge in [-0.3, -0.25) is 9.79 Å². The van der Waals surface area contributed by atoms with Gasteiger partial charge in [0.2, 0.25) is 11.9 Å². The summed E-state index contributed by atoms with van der Waals surface area (Å²) in [6.07, 6.45) is 0.118. The van der Waals surface area contributed by atoms with Gasteiger partial charge in [0.05, 0.1) is 17.2 Å². The highest BCUT2D eigenvalue weighted by molar-refractivity contribution is 7.90. The van der Waals surface area contributed by atoms with Crippen molar-refractivity contribution in [2.24, 2.45) is 21.7 Å². The second-order valence-corrected chi connectivity index (χ2v) is 11.6. The third kappa shape index (κ3) is 6.92. The highest BCUT2D eigenvalue weighted by Gasteiger charge is 2.33. The maximum atomic E-state index is 13.3. The number of halogens is 2. The number of aliphatic imine (C=N–C) groups is 1. The molecule has 3 aromatic carbocycles. The first-order valence-electron chi connectivity index (χ1n) is 11.9. The summed E-state index contributed by atoms with van der Waals surface area (Å²) < 4.78 is 29.1. The van der Waals surface area contributed by atoms with E-state index in [4.69, 9.17) is 34.0 Å². The summed E-state index contributed by atoms with van der Waals surface area (Å²) in [5.41, 5.74) is 7.96. The lowest BCUT2D eigenvalue weighted by Crippen LogP contribution is -2.41. The molecule has 11 heteroatoms. The van der Waals surface area contributed by atoms with Crippen LogP contribution in [0, 0.1) is 5.92 Å². The van der Waals surface area contributed by atoms with Crippen LogP contribution in [0.15, 0.2) is 93.9 Å². The van der Waals surface area contributed by atoms with Crippen molar-refractivity contribution >= 4 is 50.8 Å². The van der Waals surface area contributed by atoms with Gasteiger partial charge >= 0.3 is 0 Å². The number of hydrogen-bond donors (Lipinski definition) is 2. The summed E-state index contributed by atoms with van der Waals surface area (Å²) in [7, 11) is -4.01. The van der Waals surface area contributed by atoms with Crippen molar-refractivity contribution in [1.29, 1.82) is 0 Å². The Bertz CT molecular complexity index is 1440. The Hall–Kier alpha value is -3.40. The van der Waals surface area contributed by atoms with E-state index in [1.807, 2.05) is 49.4 Å². The van der Waals surface area contributed by atoms with Crippen LogP contribution in [-0.2, 0) is 14.8 Å². The highest BCUT2D eigenvalue weighted by Crippen LogP contribution is 2.30. The second kappa shape index (κ2) is 12.0. The summed E-state index contributed by atoms with van der Waals surface area (Å²) >= 11 is 12.1. The van der Waals surface area contributed by atoms with Crippen LogP contribution in [0.4, 0.5) is 0 Å². The highest BCUT2D eigenvalue weighted by atomic mass is 35.5. The van der Waals surface area contributed by atoms with Gasteiger partial charge in [0.15, 0.2) is 0 Å². The van der Waals surface area contributed by atoms with Gasteiger partial charge in [-0.15, -0.1) is 0 Å². The Kier molecular flexibility index (Phi) is 8.71. The predicted octanol–water partition coefficient (Wildman–Crippen LogP) is 4.64. The normalized spacial score (nSPS) is 16.7. The van der Waals surface area contributed by atoms with Crippen LogP contribution in [0.1, 0.15) is 30.4 Å². The number of nitrogens with two attached hydrogens (primary N) is 1. The molecule has 0 spiro atoms. The summed E-state index contributed by atoms with van der Waals surface area (Å²) in [5.74, 6) is -0.772. The zero-order valence-corrected chi connectivity index (χ0v) is 22.9. The van der Waals surface area contributed by atoms with E-state index >= 15 is 0 Å². The maximum Gasteiger partial charge on any atom is 0.264 e. The first-order valence-corrected chi connectivity index (χ1v) is 14.1. The van der Waals surface area contributed by atoms with E-state index in [1.54, 1.807) is 17.1 Å². The number of carbonyl (C=O) groups is 1. The molecule has 3 aromatic rings. The Morgan fingerprint density at radius 1 is 1.05 bits per heavy atom. The van der Waals surface area contributed by atoms with Crippen LogP contribution >= 0.6 is 23.2 Å². The Balaban J connectivity index is 1.73. The van der Waals surface area contributed by atoms with Gasteiger partial charge in [-0.1, -0.05) is 72.6 Å². The Morgan fingerprint density at radius 3 is 2.26 bits per heavy atom. The Morgan fingerprint density at radius 2 is 1.66 bits per heavy atom. The summed E-state index contributed by atoms with van der Waals surface area (Å²) in [5, 5.41) is 7.38. The van der Waals surface area contributed by atoms with E-state index < -0.39 is 15.9 Å². The molecule has 38 heavy (non-hydrogen) atoms. The quantitative estimate of drug-likeness (QED) is 0.302. The van der Waals surface area contributed by atoms with Gasteiger partial charge in [-0.25, -0.2) is 18.1 Å². The summed E-state index contributed by atoms with van der Waals surface area (Å²) in [6.45, 7) is 2.33. The zero-order valence-electron chi connectivity index (χ0n) is 20.6. The molecule has 8 nitrogen and oxygen atoms in total. The van der Waals surface area contributed by atoms with Crippen molar-refractivity contribution < 1.29 is 13.2 Å². The lowest BCUT2D eigenvalue weighted by atomic mass is 9.91. The number of rotatable bonds is 8. The minimum absolute atomic E-state index is 0.0282. The van der Waals surface area contributed by atoms with Crippen LogP contribution < -0.4 is 10.5 Å². The van der Waals surface area contributed by atoms with Crippen LogP contribution in [0.3, 0.4) is 0 Å². The standard InChI is InChI=1S/C27H27Cl2N5O3S/c1-18(15-25(30)35)16-31-27(33-38(36,37)23-13-11-22(29)12-14-23)34-17-24(19-5-3-2-4-6-19)26(32-34)20-7-9-21(28)10-8-20/h2-14,18,24H,15-17H2,1H3,(H2,30,35)(H,31,33). The van der Waals surface area contributed by atoms with Gasteiger partial charge in [-0.05, 0) is 53.4 Å². The molecule has 0 fully saturated rings. The lowest BCUT2D eigenvalue weighted by Gasteiger charge is -2.20. The number of nitrogens with zero attached hydrogens (tertiary/aromatic N) is 3. The maximum absolute atomic E-state index is 13.3. The number of nitrogens with one attached hydrogen (secondary N) is 1. The molecule has 0 aliphatic carbocycles. The first kappa shape index (κ1) is 27.6. The van der Waals surface area contributed by atoms with E-state index in [1.165, 1.54) is 24.3 Å². The molecule has 1 amide bonds. The smallest absolute Gasteiger partial charge is 0.264 e. The van der Waals surface area contributed by atoms with Crippen LogP contribution in [0.25, 0.3) is 0 Å². The number of amides is 1. The number of sulfonamides is 1. The molecule has 2 atom stereocenters. The molecule has 2 unspecified atom stereocenters. The van der Waals surface area contributed by atoms with E-state index in [0.717, 1.165) is 16.8 Å². The molecule has 0 bridgehead atoms. The lowest BCUT2D eigenvalue weighted by molar-refractivity contribution is -0.118. The first-order chi connectivity index (χ1) is 18.1. The molecular formula is C27H27Cl2N5O3S. The number of hydrogen-bond acceptors (Lipinski definition) is 5. The molecule has 198 valence electrons. The Labute approximate surface area is 232 Å². The number of benzene rings is 3. The molecule has 0 radical (unpaired) electrons. The number of primary amides is 1. The van der Waals surface area contributed by atoms with Crippen molar-refractivity contribution in [3.05, 3.63) is 100 Å². The SMILES string of the molecule is CC(CN=C(NS(=O)(=O)c1ccc(Cl)cc1)N1CC(c2ccccc2)C(c2ccc(Cl)cc2)=N1)CC(N)=O. The molecule has 1 heterocycles. The third-order valence-corrected chi connectivity index (χ3v) is 7.80. The van der Waals surface area contributed by atoms with Gasteiger partial charge in [0, 0.05) is 28.9 Å². The second-order valence-electron chi connectivity index (χ2n) is 9.04. The third-order valence-electron chi connectivity index (χ3n) is 5.95. The fraction of sp³-hybridized carbons (Fsp3) is 0.222. The van der Waals surface area contributed by atoms with Crippen molar-refractivity contribution in [3.63, 3.8) is 0 Å². The molecule has 1 aliphatic heterocycles. The molecule has 0 saturated carbocycles. The summed E-state index contributed by atoms with van der Waals surface area (Å²) in [4.78, 5) is 16.0. The topological polar surface area (TPSA) is 117 Å². The number of guanidine groups is 1. The minimum atomic E-state index is -4.01. The van der Waals surface area contributed by atoms with Crippen molar-refractivity contribution in [2.45, 2.75) is 24.2 Å². The van der Waals surface area contributed by atoms with E-state index in [2.05, 4.69) is 9.71 Å².